The van der Waals surface area contributed by atoms with E-state index in [9.17, 15) is 14.7 Å². The summed E-state index contributed by atoms with van der Waals surface area (Å²) < 4.78 is 0.992. The quantitative estimate of drug-likeness (QED) is 0.837. The van der Waals surface area contributed by atoms with Crippen LogP contribution in [0.3, 0.4) is 0 Å². The lowest BCUT2D eigenvalue weighted by Crippen LogP contribution is -2.53. The van der Waals surface area contributed by atoms with E-state index in [0.717, 1.165) is 35.7 Å². The molecule has 2 aliphatic carbocycles. The zero-order chi connectivity index (χ0) is 15.8. The molecular weight excluding hydrogens is 346 g/mol. The smallest absolute Gasteiger partial charge is 0.310 e. The van der Waals surface area contributed by atoms with Crippen molar-refractivity contribution in [1.29, 1.82) is 0 Å². The molecule has 0 aromatic heterocycles. The Kier molecular flexibility index (Phi) is 4.02. The average molecular weight is 366 g/mol. The van der Waals surface area contributed by atoms with E-state index >= 15 is 0 Å². The molecule has 118 valence electrons. The molecule has 2 saturated carbocycles. The van der Waals surface area contributed by atoms with Gasteiger partial charge in [0, 0.05) is 10.9 Å². The van der Waals surface area contributed by atoms with E-state index in [4.69, 9.17) is 0 Å². The summed E-state index contributed by atoms with van der Waals surface area (Å²) in [6, 6.07) is 8.00. The Morgan fingerprint density at radius 3 is 2.32 bits per heavy atom. The van der Waals surface area contributed by atoms with Crippen LogP contribution in [0, 0.1) is 5.41 Å². The SMILES string of the molecule is O=C(CC1(C(=O)O)CCC1)NC1(c2cccc(Br)c2)CCC1. The number of hydrogen-bond donors (Lipinski definition) is 2. The normalized spacial score (nSPS) is 21.3. The average Bonchev–Trinajstić information content (AvgIpc) is 2.38. The molecule has 5 heteroatoms. The Labute approximate surface area is 138 Å². The van der Waals surface area contributed by atoms with Crippen LogP contribution in [0.4, 0.5) is 0 Å². The molecule has 1 aromatic rings. The molecule has 0 saturated heterocycles. The van der Waals surface area contributed by atoms with Gasteiger partial charge in [-0.25, -0.2) is 0 Å². The fourth-order valence-corrected chi connectivity index (χ4v) is 3.89. The van der Waals surface area contributed by atoms with Crippen LogP contribution >= 0.6 is 15.9 Å². The molecular formula is C17H20BrNO3. The van der Waals surface area contributed by atoms with Crippen LogP contribution < -0.4 is 5.32 Å². The minimum Gasteiger partial charge on any atom is -0.481 e. The van der Waals surface area contributed by atoms with Crippen LogP contribution in [-0.2, 0) is 15.1 Å². The summed E-state index contributed by atoms with van der Waals surface area (Å²) in [5.41, 5.74) is -0.0455. The van der Waals surface area contributed by atoms with Crippen LogP contribution in [0.1, 0.15) is 50.5 Å². The van der Waals surface area contributed by atoms with E-state index in [-0.39, 0.29) is 17.9 Å². The second-order valence-corrected chi connectivity index (χ2v) is 7.53. The van der Waals surface area contributed by atoms with Crippen molar-refractivity contribution >= 4 is 27.8 Å². The van der Waals surface area contributed by atoms with Crippen molar-refractivity contribution in [2.24, 2.45) is 5.41 Å². The summed E-state index contributed by atoms with van der Waals surface area (Å²) in [6.45, 7) is 0. The van der Waals surface area contributed by atoms with Gasteiger partial charge in [-0.2, -0.15) is 0 Å². The molecule has 0 radical (unpaired) electrons. The van der Waals surface area contributed by atoms with Gasteiger partial charge >= 0.3 is 5.97 Å². The maximum Gasteiger partial charge on any atom is 0.310 e. The van der Waals surface area contributed by atoms with Gasteiger partial charge in [0.05, 0.1) is 11.0 Å². The minimum absolute atomic E-state index is 0.0953. The first kappa shape index (κ1) is 15.5. The Morgan fingerprint density at radius 1 is 1.18 bits per heavy atom. The number of benzene rings is 1. The highest BCUT2D eigenvalue weighted by atomic mass is 79.9. The summed E-state index contributed by atoms with van der Waals surface area (Å²) in [5.74, 6) is -0.971. The van der Waals surface area contributed by atoms with Crippen molar-refractivity contribution in [2.45, 2.75) is 50.5 Å². The molecule has 2 aliphatic rings. The second-order valence-electron chi connectivity index (χ2n) is 6.61. The van der Waals surface area contributed by atoms with Gasteiger partial charge in [0.1, 0.15) is 0 Å². The van der Waals surface area contributed by atoms with Gasteiger partial charge in [0.2, 0.25) is 5.91 Å². The van der Waals surface area contributed by atoms with E-state index in [1.165, 1.54) is 0 Å². The number of hydrogen-bond acceptors (Lipinski definition) is 2. The lowest BCUT2D eigenvalue weighted by atomic mass is 9.66. The highest BCUT2D eigenvalue weighted by Gasteiger charge is 2.47. The first-order valence-electron chi connectivity index (χ1n) is 7.76. The predicted molar refractivity (Wildman–Crippen MR) is 86.4 cm³/mol. The summed E-state index contributed by atoms with van der Waals surface area (Å²) in [6.07, 6.45) is 5.12. The summed E-state index contributed by atoms with van der Waals surface area (Å²) in [5, 5.41) is 12.5. The largest absolute Gasteiger partial charge is 0.481 e. The standard InChI is InChI=1S/C17H20BrNO3/c18-13-5-1-4-12(10-13)17(8-3-9-17)19-14(20)11-16(15(21)22)6-2-7-16/h1,4-5,10H,2-3,6-9,11H2,(H,19,20)(H,21,22). The predicted octanol–water partition coefficient (Wildman–Crippen LogP) is 3.59. The highest BCUT2D eigenvalue weighted by molar-refractivity contribution is 9.10. The van der Waals surface area contributed by atoms with Crippen molar-refractivity contribution in [3.8, 4) is 0 Å². The summed E-state index contributed by atoms with van der Waals surface area (Å²) >= 11 is 3.47. The van der Waals surface area contributed by atoms with Gasteiger partial charge in [-0.1, -0.05) is 34.5 Å². The topological polar surface area (TPSA) is 66.4 Å². The Balaban J connectivity index is 1.73. The Hall–Kier alpha value is -1.36. The number of carbonyl (C=O) groups is 2. The molecule has 0 atom stereocenters. The van der Waals surface area contributed by atoms with Gasteiger partial charge in [-0.3, -0.25) is 9.59 Å². The van der Waals surface area contributed by atoms with Gasteiger partial charge in [0.25, 0.3) is 0 Å². The van der Waals surface area contributed by atoms with E-state index < -0.39 is 11.4 Å². The molecule has 0 bridgehead atoms. The Bertz CT molecular complexity index is 606. The van der Waals surface area contributed by atoms with Crippen molar-refractivity contribution < 1.29 is 14.7 Å². The van der Waals surface area contributed by atoms with Crippen LogP contribution in [0.25, 0.3) is 0 Å². The zero-order valence-electron chi connectivity index (χ0n) is 12.4. The molecule has 1 amide bonds. The monoisotopic (exact) mass is 365 g/mol. The fraction of sp³-hybridized carbons (Fsp3) is 0.529. The van der Waals surface area contributed by atoms with Crippen molar-refractivity contribution in [3.05, 3.63) is 34.3 Å². The zero-order valence-corrected chi connectivity index (χ0v) is 14.0. The third-order valence-corrected chi connectivity index (χ3v) is 5.72. The number of aliphatic carboxylic acids is 1. The number of halogens is 1. The van der Waals surface area contributed by atoms with Crippen LogP contribution in [0.2, 0.25) is 0 Å². The van der Waals surface area contributed by atoms with E-state index in [2.05, 4.69) is 21.2 Å². The maximum atomic E-state index is 12.4. The van der Waals surface area contributed by atoms with Gasteiger partial charge in [-0.15, -0.1) is 0 Å². The molecule has 3 rings (SSSR count). The molecule has 0 heterocycles. The summed E-state index contributed by atoms with van der Waals surface area (Å²) in [4.78, 5) is 23.9. The fourth-order valence-electron chi connectivity index (χ4n) is 3.49. The molecule has 2 N–H and O–H groups in total. The van der Waals surface area contributed by atoms with Crippen LogP contribution in [-0.4, -0.2) is 17.0 Å². The molecule has 0 unspecified atom stereocenters. The lowest BCUT2D eigenvalue weighted by Gasteiger charge is -2.44. The first-order chi connectivity index (χ1) is 10.5. The number of amides is 1. The minimum atomic E-state index is -0.834. The molecule has 4 nitrogen and oxygen atoms in total. The van der Waals surface area contributed by atoms with E-state index in [1.54, 1.807) is 0 Å². The third kappa shape index (κ3) is 2.67. The van der Waals surface area contributed by atoms with Gasteiger partial charge < -0.3 is 10.4 Å². The van der Waals surface area contributed by atoms with Crippen LogP contribution in [0.5, 0.6) is 0 Å². The number of carbonyl (C=O) groups excluding carboxylic acids is 1. The highest BCUT2D eigenvalue weighted by Crippen LogP contribution is 2.46. The number of rotatable bonds is 5. The molecule has 1 aromatic carbocycles. The Morgan fingerprint density at radius 2 is 1.86 bits per heavy atom. The maximum absolute atomic E-state index is 12.4. The third-order valence-electron chi connectivity index (χ3n) is 5.23. The number of carboxylic acid groups (broad SMARTS) is 1. The van der Waals surface area contributed by atoms with Gasteiger partial charge in [-0.05, 0) is 49.8 Å². The van der Waals surface area contributed by atoms with E-state index in [0.29, 0.717) is 12.8 Å². The summed E-state index contributed by atoms with van der Waals surface area (Å²) in [7, 11) is 0. The number of carboxylic acids is 1. The van der Waals surface area contributed by atoms with Crippen molar-refractivity contribution in [1.82, 2.24) is 5.32 Å². The van der Waals surface area contributed by atoms with Crippen LogP contribution in [0.15, 0.2) is 28.7 Å². The molecule has 22 heavy (non-hydrogen) atoms. The molecule has 0 aliphatic heterocycles. The second kappa shape index (κ2) is 5.69. The molecule has 0 spiro atoms. The first-order valence-corrected chi connectivity index (χ1v) is 8.56. The van der Waals surface area contributed by atoms with Gasteiger partial charge in [0.15, 0.2) is 0 Å². The number of nitrogens with one attached hydrogen (secondary N) is 1. The molecule has 2 fully saturated rings. The van der Waals surface area contributed by atoms with Crippen molar-refractivity contribution in [2.75, 3.05) is 0 Å². The lowest BCUT2D eigenvalue weighted by molar-refractivity contribution is -0.158. The van der Waals surface area contributed by atoms with Crippen molar-refractivity contribution in [3.63, 3.8) is 0 Å². The van der Waals surface area contributed by atoms with E-state index in [1.807, 2.05) is 24.3 Å².